The number of aromatic amines is 1. The number of rotatable bonds is 3. The second kappa shape index (κ2) is 6.71. The third-order valence-corrected chi connectivity index (χ3v) is 5.80. The number of halogens is 3. The van der Waals surface area contributed by atoms with Crippen LogP contribution in [0, 0.1) is 0 Å². The number of aromatic nitrogens is 4. The largest absolute Gasteiger partial charge is 0.417 e. The van der Waals surface area contributed by atoms with Gasteiger partial charge in [-0.15, -0.1) is 0 Å². The molecule has 3 N–H and O–H groups in total. The number of hydrogen-bond acceptors (Lipinski definition) is 6. The summed E-state index contributed by atoms with van der Waals surface area (Å²) in [6.45, 7) is 0.803. The molecule has 8 nitrogen and oxygen atoms in total. The van der Waals surface area contributed by atoms with Gasteiger partial charge < -0.3 is 15.2 Å². The van der Waals surface area contributed by atoms with Gasteiger partial charge in [-0.2, -0.15) is 18.3 Å². The number of likely N-dealkylation sites (tertiary alicyclic amines) is 1. The van der Waals surface area contributed by atoms with Gasteiger partial charge in [-0.05, 0) is 31.7 Å². The lowest BCUT2D eigenvalue weighted by Crippen LogP contribution is -2.38. The molecule has 158 valence electrons. The number of nitrogens with one attached hydrogen (secondary N) is 1. The molecule has 0 spiro atoms. The normalized spacial score (nSPS) is 18.3. The summed E-state index contributed by atoms with van der Waals surface area (Å²) in [6.07, 6.45) is -1.49. The highest BCUT2D eigenvalue weighted by Crippen LogP contribution is 2.41. The van der Waals surface area contributed by atoms with Gasteiger partial charge in [-0.1, -0.05) is 5.16 Å². The SMILES string of the molecule is Nc1[nH]nc2nc(C3CCN(C(=O)c4cc(C5CC5)on4)CC3)cc(C(F)(F)F)c12. The van der Waals surface area contributed by atoms with Crippen molar-refractivity contribution in [3.8, 4) is 0 Å². The van der Waals surface area contributed by atoms with Crippen molar-refractivity contribution >= 4 is 22.8 Å². The number of fused-ring (bicyclic) bond motifs is 1. The summed E-state index contributed by atoms with van der Waals surface area (Å²) in [7, 11) is 0. The monoisotopic (exact) mass is 420 g/mol. The molecule has 1 amide bonds. The standard InChI is InChI=1S/C19H19F3N6O2/c20-19(21,22)11-7-12(24-17-15(11)16(23)25-26-17)9-3-5-28(6-4-9)18(29)13-8-14(30-27-13)10-1-2-10/h7-10H,1-6H2,(H3,23,24,25,26). The fourth-order valence-electron chi connectivity index (χ4n) is 3.99. The maximum absolute atomic E-state index is 13.5. The lowest BCUT2D eigenvalue weighted by molar-refractivity contribution is -0.136. The Morgan fingerprint density at radius 1 is 1.17 bits per heavy atom. The zero-order valence-corrected chi connectivity index (χ0v) is 15.9. The Balaban J connectivity index is 1.33. The predicted octanol–water partition coefficient (Wildman–Crippen LogP) is 3.44. The van der Waals surface area contributed by atoms with Crippen LogP contribution in [0.5, 0.6) is 0 Å². The van der Waals surface area contributed by atoms with Crippen LogP contribution in [-0.2, 0) is 6.18 Å². The minimum absolute atomic E-state index is 0.0500. The molecule has 3 aromatic rings. The van der Waals surface area contributed by atoms with Gasteiger partial charge in [0.05, 0.1) is 10.9 Å². The fourth-order valence-corrected chi connectivity index (χ4v) is 3.99. The number of nitrogens with two attached hydrogens (primary N) is 1. The van der Waals surface area contributed by atoms with Crippen molar-refractivity contribution in [2.75, 3.05) is 18.8 Å². The van der Waals surface area contributed by atoms with E-state index in [9.17, 15) is 18.0 Å². The van der Waals surface area contributed by atoms with E-state index >= 15 is 0 Å². The number of nitrogens with zero attached hydrogens (tertiary/aromatic N) is 4. The number of anilines is 1. The third-order valence-electron chi connectivity index (χ3n) is 5.80. The van der Waals surface area contributed by atoms with Crippen LogP contribution in [0.2, 0.25) is 0 Å². The van der Waals surface area contributed by atoms with Crippen molar-refractivity contribution in [3.63, 3.8) is 0 Å². The van der Waals surface area contributed by atoms with Gasteiger partial charge in [0.2, 0.25) is 0 Å². The number of carbonyl (C=O) groups is 1. The van der Waals surface area contributed by atoms with Crippen molar-refractivity contribution in [1.29, 1.82) is 0 Å². The van der Waals surface area contributed by atoms with E-state index in [1.165, 1.54) is 0 Å². The van der Waals surface area contributed by atoms with Crippen LogP contribution in [0.15, 0.2) is 16.7 Å². The molecule has 11 heteroatoms. The predicted molar refractivity (Wildman–Crippen MR) is 99.7 cm³/mol. The van der Waals surface area contributed by atoms with E-state index in [1.54, 1.807) is 11.0 Å². The number of nitrogen functional groups attached to an aromatic ring is 1. The summed E-state index contributed by atoms with van der Waals surface area (Å²) >= 11 is 0. The van der Waals surface area contributed by atoms with Crippen molar-refractivity contribution in [2.45, 2.75) is 43.7 Å². The molecule has 0 unspecified atom stereocenters. The lowest BCUT2D eigenvalue weighted by Gasteiger charge is -2.31. The fraction of sp³-hybridized carbons (Fsp3) is 0.474. The molecule has 0 bridgehead atoms. The molecule has 5 rings (SSSR count). The van der Waals surface area contributed by atoms with Gasteiger partial charge in [0, 0.05) is 36.7 Å². The Morgan fingerprint density at radius 3 is 2.57 bits per heavy atom. The Bertz CT molecular complexity index is 1110. The van der Waals surface area contributed by atoms with E-state index in [0.717, 1.165) is 24.7 Å². The van der Waals surface area contributed by atoms with Crippen LogP contribution in [-0.4, -0.2) is 44.2 Å². The van der Waals surface area contributed by atoms with Crippen LogP contribution in [0.25, 0.3) is 11.0 Å². The highest BCUT2D eigenvalue weighted by atomic mass is 19.4. The molecule has 2 aliphatic rings. The van der Waals surface area contributed by atoms with Crippen molar-refractivity contribution in [2.24, 2.45) is 0 Å². The highest BCUT2D eigenvalue weighted by Gasteiger charge is 2.37. The van der Waals surface area contributed by atoms with E-state index in [0.29, 0.717) is 37.5 Å². The first-order valence-electron chi connectivity index (χ1n) is 9.79. The van der Waals surface area contributed by atoms with E-state index < -0.39 is 11.7 Å². The van der Waals surface area contributed by atoms with E-state index in [4.69, 9.17) is 10.3 Å². The topological polar surface area (TPSA) is 114 Å². The Hall–Kier alpha value is -3.11. The molecule has 0 radical (unpaired) electrons. The van der Waals surface area contributed by atoms with Gasteiger partial charge in [-0.3, -0.25) is 9.89 Å². The Kier molecular flexibility index (Phi) is 4.23. The number of pyridine rings is 1. The average molecular weight is 420 g/mol. The van der Waals surface area contributed by atoms with Crippen LogP contribution < -0.4 is 5.73 Å². The summed E-state index contributed by atoms with van der Waals surface area (Å²) in [5.74, 6) is 0.517. The average Bonchev–Trinajstić information content (AvgIpc) is 3.34. The zero-order chi connectivity index (χ0) is 21.0. The van der Waals surface area contributed by atoms with Crippen molar-refractivity contribution in [3.05, 3.63) is 34.8 Å². The summed E-state index contributed by atoms with van der Waals surface area (Å²) in [5.41, 5.74) is 5.31. The maximum atomic E-state index is 13.5. The number of carbonyl (C=O) groups excluding carboxylic acids is 1. The number of alkyl halides is 3. The first kappa shape index (κ1) is 18.9. The highest BCUT2D eigenvalue weighted by molar-refractivity contribution is 5.92. The molecule has 2 fully saturated rings. The number of hydrogen-bond donors (Lipinski definition) is 2. The molecule has 3 aromatic heterocycles. The summed E-state index contributed by atoms with van der Waals surface area (Å²) in [4.78, 5) is 18.6. The summed E-state index contributed by atoms with van der Waals surface area (Å²) in [5, 5.41) is 9.84. The Morgan fingerprint density at radius 2 is 1.90 bits per heavy atom. The molecule has 1 saturated heterocycles. The number of H-pyrrole nitrogens is 1. The van der Waals surface area contributed by atoms with Crippen LogP contribution >= 0.6 is 0 Å². The molecule has 0 atom stereocenters. The molecule has 1 aliphatic carbocycles. The smallest absolute Gasteiger partial charge is 0.383 e. The minimum Gasteiger partial charge on any atom is -0.383 e. The number of amides is 1. The minimum atomic E-state index is -4.57. The quantitative estimate of drug-likeness (QED) is 0.671. The van der Waals surface area contributed by atoms with Crippen LogP contribution in [0.1, 0.15) is 65.0 Å². The Labute approximate surface area is 168 Å². The lowest BCUT2D eigenvalue weighted by atomic mass is 9.91. The first-order valence-corrected chi connectivity index (χ1v) is 9.79. The molecule has 1 aliphatic heterocycles. The van der Waals surface area contributed by atoms with Crippen molar-refractivity contribution < 1.29 is 22.5 Å². The maximum Gasteiger partial charge on any atom is 0.417 e. The van der Waals surface area contributed by atoms with Crippen LogP contribution in [0.3, 0.4) is 0 Å². The summed E-state index contributed by atoms with van der Waals surface area (Å²) < 4.78 is 45.9. The summed E-state index contributed by atoms with van der Waals surface area (Å²) in [6, 6.07) is 2.75. The zero-order valence-electron chi connectivity index (χ0n) is 15.9. The molecule has 0 aromatic carbocycles. The van der Waals surface area contributed by atoms with Gasteiger partial charge in [0.15, 0.2) is 11.3 Å². The second-order valence-corrected chi connectivity index (χ2v) is 7.88. The van der Waals surface area contributed by atoms with E-state index in [2.05, 4.69) is 20.3 Å². The van der Waals surface area contributed by atoms with Crippen molar-refractivity contribution in [1.82, 2.24) is 25.2 Å². The van der Waals surface area contributed by atoms with E-state index in [1.807, 2.05) is 0 Å². The van der Waals surface area contributed by atoms with Gasteiger partial charge in [-0.25, -0.2) is 4.98 Å². The van der Waals surface area contributed by atoms with Gasteiger partial charge in [0.25, 0.3) is 5.91 Å². The molecule has 1 saturated carbocycles. The van der Waals surface area contributed by atoms with E-state index in [-0.39, 0.29) is 34.4 Å². The third kappa shape index (κ3) is 3.27. The molecule has 4 heterocycles. The molecular weight excluding hydrogens is 401 g/mol. The molecule has 30 heavy (non-hydrogen) atoms. The second-order valence-electron chi connectivity index (χ2n) is 7.88. The van der Waals surface area contributed by atoms with Crippen LogP contribution in [0.4, 0.5) is 19.0 Å². The number of piperidine rings is 1. The van der Waals surface area contributed by atoms with Gasteiger partial charge in [0.1, 0.15) is 11.6 Å². The molecular formula is C19H19F3N6O2. The first-order chi connectivity index (χ1) is 14.3. The van der Waals surface area contributed by atoms with Gasteiger partial charge >= 0.3 is 6.18 Å².